The van der Waals surface area contributed by atoms with Crippen LogP contribution in [0, 0.1) is 11.6 Å². The van der Waals surface area contributed by atoms with Gasteiger partial charge >= 0.3 is 0 Å². The van der Waals surface area contributed by atoms with Gasteiger partial charge in [-0.1, -0.05) is 12.1 Å². The molecule has 0 aliphatic rings. The van der Waals surface area contributed by atoms with Crippen molar-refractivity contribution >= 4 is 27.3 Å². The van der Waals surface area contributed by atoms with E-state index >= 15 is 0 Å². The lowest BCUT2D eigenvalue weighted by atomic mass is 10.2. The van der Waals surface area contributed by atoms with Crippen LogP contribution in [0.3, 0.4) is 0 Å². The number of carbonyl (C=O) groups excluding carboxylic acids is 1. The predicted octanol–water partition coefficient (Wildman–Crippen LogP) is 4.03. The van der Waals surface area contributed by atoms with Crippen molar-refractivity contribution in [2.24, 2.45) is 0 Å². The van der Waals surface area contributed by atoms with E-state index < -0.39 is 33.3 Å². The van der Waals surface area contributed by atoms with Gasteiger partial charge in [0.2, 0.25) is 0 Å². The molecular formula is C20H16F2N2O4S. The third kappa shape index (κ3) is 4.69. The van der Waals surface area contributed by atoms with E-state index in [-0.39, 0.29) is 16.1 Å². The number of rotatable bonds is 6. The van der Waals surface area contributed by atoms with E-state index in [1.165, 1.54) is 61.7 Å². The van der Waals surface area contributed by atoms with Gasteiger partial charge in [-0.3, -0.25) is 9.52 Å². The summed E-state index contributed by atoms with van der Waals surface area (Å²) < 4.78 is 59.8. The number of sulfonamides is 1. The highest BCUT2D eigenvalue weighted by Gasteiger charge is 2.17. The highest BCUT2D eigenvalue weighted by molar-refractivity contribution is 7.92. The summed E-state index contributed by atoms with van der Waals surface area (Å²) >= 11 is 0. The van der Waals surface area contributed by atoms with Crippen LogP contribution in [0.5, 0.6) is 5.75 Å². The van der Waals surface area contributed by atoms with E-state index in [1.54, 1.807) is 0 Å². The fraction of sp³-hybridized carbons (Fsp3) is 0.0500. The maximum absolute atomic E-state index is 13.7. The molecule has 0 aliphatic carbocycles. The quantitative estimate of drug-likeness (QED) is 0.633. The maximum atomic E-state index is 13.7. The Labute approximate surface area is 166 Å². The molecule has 3 rings (SSSR count). The third-order valence-electron chi connectivity index (χ3n) is 3.95. The highest BCUT2D eigenvalue weighted by atomic mass is 32.2. The highest BCUT2D eigenvalue weighted by Crippen LogP contribution is 2.22. The summed E-state index contributed by atoms with van der Waals surface area (Å²) in [6, 6.07) is 14.5. The second kappa shape index (κ2) is 8.27. The minimum Gasteiger partial charge on any atom is -0.497 e. The second-order valence-electron chi connectivity index (χ2n) is 5.91. The SMILES string of the molecule is COc1ccc(S(=O)(=O)Nc2cccc(C(=O)Nc3c(F)cccc3F)c2)cc1. The van der Waals surface area contributed by atoms with Gasteiger partial charge in [-0.15, -0.1) is 0 Å². The van der Waals surface area contributed by atoms with Crippen molar-refractivity contribution in [3.8, 4) is 5.75 Å². The van der Waals surface area contributed by atoms with Crippen LogP contribution < -0.4 is 14.8 Å². The number of halogens is 2. The first-order chi connectivity index (χ1) is 13.8. The average Bonchev–Trinajstić information content (AvgIpc) is 2.70. The molecule has 0 fully saturated rings. The van der Waals surface area contributed by atoms with Crippen molar-refractivity contribution in [3.63, 3.8) is 0 Å². The molecule has 0 spiro atoms. The van der Waals surface area contributed by atoms with Crippen LogP contribution in [-0.2, 0) is 10.0 Å². The van der Waals surface area contributed by atoms with Crippen LogP contribution in [0.4, 0.5) is 20.2 Å². The summed E-state index contributed by atoms with van der Waals surface area (Å²) in [4.78, 5) is 12.3. The minimum atomic E-state index is -3.91. The molecule has 2 N–H and O–H groups in total. The number of carbonyl (C=O) groups is 1. The second-order valence-corrected chi connectivity index (χ2v) is 7.60. The molecule has 0 saturated carbocycles. The summed E-state index contributed by atoms with van der Waals surface area (Å²) in [5.74, 6) is -2.13. The van der Waals surface area contributed by atoms with Crippen LogP contribution in [0.1, 0.15) is 10.4 Å². The van der Waals surface area contributed by atoms with Crippen molar-refractivity contribution in [1.29, 1.82) is 0 Å². The zero-order chi connectivity index (χ0) is 21.0. The van der Waals surface area contributed by atoms with Crippen molar-refractivity contribution in [1.82, 2.24) is 0 Å². The number of benzene rings is 3. The van der Waals surface area contributed by atoms with Gasteiger partial charge < -0.3 is 10.1 Å². The largest absolute Gasteiger partial charge is 0.497 e. The zero-order valence-corrected chi connectivity index (χ0v) is 16.0. The van der Waals surface area contributed by atoms with Crippen molar-refractivity contribution in [3.05, 3.63) is 83.9 Å². The molecule has 0 bridgehead atoms. The lowest BCUT2D eigenvalue weighted by Gasteiger charge is -2.11. The Balaban J connectivity index is 1.80. The van der Waals surface area contributed by atoms with Gasteiger partial charge in [0.25, 0.3) is 15.9 Å². The topological polar surface area (TPSA) is 84.5 Å². The molecule has 0 atom stereocenters. The summed E-state index contributed by atoms with van der Waals surface area (Å²) in [6.07, 6.45) is 0. The molecule has 150 valence electrons. The fourth-order valence-corrected chi connectivity index (χ4v) is 3.55. The van der Waals surface area contributed by atoms with Gasteiger partial charge in [0.1, 0.15) is 23.1 Å². The fourth-order valence-electron chi connectivity index (χ4n) is 2.50. The first kappa shape index (κ1) is 20.3. The molecule has 0 unspecified atom stereocenters. The number of hydrogen-bond donors (Lipinski definition) is 2. The number of amides is 1. The lowest BCUT2D eigenvalue weighted by Crippen LogP contribution is -2.16. The van der Waals surface area contributed by atoms with Gasteiger partial charge in [0, 0.05) is 11.3 Å². The Hall–Kier alpha value is -3.46. The zero-order valence-electron chi connectivity index (χ0n) is 15.1. The molecule has 0 aromatic heterocycles. The van der Waals surface area contributed by atoms with Gasteiger partial charge in [-0.05, 0) is 54.6 Å². The molecule has 0 heterocycles. The smallest absolute Gasteiger partial charge is 0.261 e. The lowest BCUT2D eigenvalue weighted by molar-refractivity contribution is 0.102. The summed E-state index contributed by atoms with van der Waals surface area (Å²) in [6.45, 7) is 0. The third-order valence-corrected chi connectivity index (χ3v) is 5.35. The first-order valence-electron chi connectivity index (χ1n) is 8.32. The normalized spacial score (nSPS) is 11.0. The number of anilines is 2. The molecule has 6 nitrogen and oxygen atoms in total. The predicted molar refractivity (Wildman–Crippen MR) is 105 cm³/mol. The number of nitrogens with one attached hydrogen (secondary N) is 2. The number of para-hydroxylation sites is 1. The molecule has 29 heavy (non-hydrogen) atoms. The molecular weight excluding hydrogens is 402 g/mol. The maximum Gasteiger partial charge on any atom is 0.261 e. The summed E-state index contributed by atoms with van der Waals surface area (Å²) in [7, 11) is -2.45. The number of ether oxygens (including phenoxy) is 1. The van der Waals surface area contributed by atoms with E-state index in [0.717, 1.165) is 12.1 Å². The van der Waals surface area contributed by atoms with Gasteiger partial charge in [0.05, 0.1) is 12.0 Å². The standard InChI is InChI=1S/C20H16F2N2O4S/c1-28-15-8-10-16(11-9-15)29(26,27)24-14-5-2-4-13(12-14)20(25)23-19-17(21)6-3-7-18(19)22/h2-12,24H,1H3,(H,23,25). The Morgan fingerprint density at radius 2 is 1.55 bits per heavy atom. The van der Waals surface area contributed by atoms with E-state index in [1.807, 2.05) is 0 Å². The van der Waals surface area contributed by atoms with E-state index in [2.05, 4.69) is 10.0 Å². The molecule has 0 radical (unpaired) electrons. The summed E-state index contributed by atoms with van der Waals surface area (Å²) in [5, 5.41) is 2.15. The Morgan fingerprint density at radius 1 is 0.931 bits per heavy atom. The molecule has 1 amide bonds. The molecule has 9 heteroatoms. The Bertz CT molecular complexity index is 1130. The monoisotopic (exact) mass is 418 g/mol. The van der Waals surface area contributed by atoms with E-state index in [9.17, 15) is 22.0 Å². The first-order valence-corrected chi connectivity index (χ1v) is 9.81. The number of methoxy groups -OCH3 is 1. The molecule has 0 saturated heterocycles. The van der Waals surface area contributed by atoms with Crippen LogP contribution in [0.2, 0.25) is 0 Å². The molecule has 3 aromatic rings. The van der Waals surface area contributed by atoms with Crippen molar-refractivity contribution < 1.29 is 26.7 Å². The average molecular weight is 418 g/mol. The molecule has 0 aliphatic heterocycles. The minimum absolute atomic E-state index is 0.00147. The van der Waals surface area contributed by atoms with Crippen LogP contribution in [-0.4, -0.2) is 21.4 Å². The number of hydrogen-bond acceptors (Lipinski definition) is 4. The Kier molecular flexibility index (Phi) is 5.79. The van der Waals surface area contributed by atoms with Gasteiger partial charge in [-0.2, -0.15) is 0 Å². The van der Waals surface area contributed by atoms with Crippen LogP contribution >= 0.6 is 0 Å². The van der Waals surface area contributed by atoms with Crippen molar-refractivity contribution in [2.45, 2.75) is 4.90 Å². The van der Waals surface area contributed by atoms with Crippen LogP contribution in [0.15, 0.2) is 71.6 Å². The summed E-state index contributed by atoms with van der Waals surface area (Å²) in [5.41, 5.74) is -0.452. The van der Waals surface area contributed by atoms with Gasteiger partial charge in [-0.25, -0.2) is 17.2 Å². The Morgan fingerprint density at radius 3 is 2.17 bits per heavy atom. The van der Waals surface area contributed by atoms with E-state index in [0.29, 0.717) is 5.75 Å². The molecule has 3 aromatic carbocycles. The van der Waals surface area contributed by atoms with Crippen molar-refractivity contribution in [2.75, 3.05) is 17.1 Å². The van der Waals surface area contributed by atoms with E-state index in [4.69, 9.17) is 4.74 Å². The van der Waals surface area contributed by atoms with Gasteiger partial charge in [0.15, 0.2) is 0 Å². The van der Waals surface area contributed by atoms with Crippen LogP contribution in [0.25, 0.3) is 0 Å².